The van der Waals surface area contributed by atoms with Gasteiger partial charge in [-0.05, 0) is 61.0 Å². The summed E-state index contributed by atoms with van der Waals surface area (Å²) >= 11 is 3.39. The van der Waals surface area contributed by atoms with Crippen LogP contribution in [0.5, 0.6) is 0 Å². The van der Waals surface area contributed by atoms with Gasteiger partial charge in [0.1, 0.15) is 0 Å². The number of nitrogens with one attached hydrogen (secondary N) is 2. The van der Waals surface area contributed by atoms with Crippen molar-refractivity contribution in [2.75, 3.05) is 4.72 Å². The van der Waals surface area contributed by atoms with Gasteiger partial charge in [0.15, 0.2) is 0 Å². The van der Waals surface area contributed by atoms with Gasteiger partial charge in [-0.25, -0.2) is 8.42 Å². The Kier molecular flexibility index (Phi) is 6.16. The average Bonchev–Trinajstić information content (AvgIpc) is 2.69. The number of amides is 1. The first-order valence-electron chi connectivity index (χ1n) is 8.59. The molecule has 3 aromatic rings. The van der Waals surface area contributed by atoms with Crippen molar-refractivity contribution in [3.8, 4) is 0 Å². The molecule has 3 aromatic carbocycles. The lowest BCUT2D eigenvalue weighted by molar-refractivity contribution is 0.0940. The maximum atomic E-state index is 12.5. The number of carbonyl (C=O) groups is 1. The van der Waals surface area contributed by atoms with Crippen molar-refractivity contribution < 1.29 is 13.2 Å². The van der Waals surface area contributed by atoms with Crippen LogP contribution in [0, 0.1) is 0 Å². The Bertz CT molecular complexity index is 1050. The predicted molar refractivity (Wildman–Crippen MR) is 114 cm³/mol. The van der Waals surface area contributed by atoms with E-state index in [2.05, 4.69) is 26.0 Å². The second-order valence-corrected chi connectivity index (χ2v) is 8.84. The van der Waals surface area contributed by atoms with Crippen molar-refractivity contribution >= 4 is 37.5 Å². The second kappa shape index (κ2) is 8.58. The molecule has 1 amide bonds. The molecule has 3 rings (SSSR count). The second-order valence-electron chi connectivity index (χ2n) is 6.24. The summed E-state index contributed by atoms with van der Waals surface area (Å²) in [5.74, 6) is -0.229. The monoisotopic (exact) mass is 458 g/mol. The van der Waals surface area contributed by atoms with Crippen molar-refractivity contribution in [3.63, 3.8) is 0 Å². The predicted octanol–water partition coefficient (Wildman–Crippen LogP) is 4.74. The number of anilines is 1. The first-order chi connectivity index (χ1) is 13.3. The largest absolute Gasteiger partial charge is 0.346 e. The highest BCUT2D eigenvalue weighted by Gasteiger charge is 2.15. The molecule has 0 radical (unpaired) electrons. The molecule has 144 valence electrons. The number of benzene rings is 3. The molecule has 2 N–H and O–H groups in total. The van der Waals surface area contributed by atoms with Crippen LogP contribution in [0.25, 0.3) is 0 Å². The van der Waals surface area contributed by atoms with Crippen LogP contribution in [0.2, 0.25) is 0 Å². The summed E-state index contributed by atoms with van der Waals surface area (Å²) in [5.41, 5.74) is 1.83. The Hall–Kier alpha value is -2.64. The third kappa shape index (κ3) is 4.99. The topological polar surface area (TPSA) is 75.3 Å². The van der Waals surface area contributed by atoms with Gasteiger partial charge in [-0.3, -0.25) is 9.52 Å². The van der Waals surface area contributed by atoms with Crippen LogP contribution in [-0.4, -0.2) is 14.3 Å². The minimum absolute atomic E-state index is 0.156. The zero-order valence-corrected chi connectivity index (χ0v) is 17.5. The third-order valence-electron chi connectivity index (χ3n) is 4.17. The number of rotatable bonds is 6. The normalized spacial score (nSPS) is 12.2. The highest BCUT2D eigenvalue weighted by atomic mass is 79.9. The fraction of sp³-hybridized carbons (Fsp3) is 0.0952. The van der Waals surface area contributed by atoms with Gasteiger partial charge >= 0.3 is 0 Å². The highest BCUT2D eigenvalue weighted by Crippen LogP contribution is 2.19. The minimum Gasteiger partial charge on any atom is -0.346 e. The van der Waals surface area contributed by atoms with E-state index in [1.54, 1.807) is 42.5 Å². The van der Waals surface area contributed by atoms with Crippen LogP contribution in [0.3, 0.4) is 0 Å². The van der Waals surface area contributed by atoms with Crippen LogP contribution in [0.15, 0.2) is 88.2 Å². The van der Waals surface area contributed by atoms with Gasteiger partial charge in [-0.2, -0.15) is 0 Å². The van der Waals surface area contributed by atoms with Crippen molar-refractivity contribution in [3.05, 3.63) is 94.5 Å². The molecule has 0 heterocycles. The number of halogens is 1. The van der Waals surface area contributed by atoms with Crippen LogP contribution >= 0.6 is 15.9 Å². The lowest BCUT2D eigenvalue weighted by atomic mass is 10.1. The van der Waals surface area contributed by atoms with E-state index in [9.17, 15) is 13.2 Å². The molecule has 0 unspecified atom stereocenters. The number of hydrogen-bond acceptors (Lipinski definition) is 3. The highest BCUT2D eigenvalue weighted by molar-refractivity contribution is 9.10. The van der Waals surface area contributed by atoms with E-state index in [1.165, 1.54) is 12.1 Å². The van der Waals surface area contributed by atoms with Gasteiger partial charge in [0.25, 0.3) is 15.9 Å². The molecule has 0 aliphatic heterocycles. The standard InChI is InChI=1S/C21H19BrN2O3S/c1-15(16-7-11-18(22)12-8-16)23-21(25)17-9-13-19(14-10-17)24-28(26,27)20-5-3-2-4-6-20/h2-15,24H,1H3,(H,23,25)/t15-/m0/s1. The van der Waals surface area contributed by atoms with Crippen LogP contribution in [0.4, 0.5) is 5.69 Å². The molecule has 28 heavy (non-hydrogen) atoms. The van der Waals surface area contributed by atoms with Gasteiger partial charge in [0, 0.05) is 15.7 Å². The minimum atomic E-state index is -3.66. The molecule has 0 aliphatic carbocycles. The van der Waals surface area contributed by atoms with Crippen molar-refractivity contribution in [1.29, 1.82) is 0 Å². The lowest BCUT2D eigenvalue weighted by Gasteiger charge is -2.15. The van der Waals surface area contributed by atoms with Crippen molar-refractivity contribution in [1.82, 2.24) is 5.32 Å². The van der Waals surface area contributed by atoms with E-state index in [1.807, 2.05) is 31.2 Å². The maximum Gasteiger partial charge on any atom is 0.261 e. The molecular weight excluding hydrogens is 440 g/mol. The van der Waals surface area contributed by atoms with E-state index in [0.717, 1.165) is 10.0 Å². The Morgan fingerprint density at radius 1 is 0.893 bits per heavy atom. The maximum absolute atomic E-state index is 12.5. The number of carbonyl (C=O) groups excluding carboxylic acids is 1. The quantitative estimate of drug-likeness (QED) is 0.559. The zero-order valence-electron chi connectivity index (χ0n) is 15.1. The van der Waals surface area contributed by atoms with Gasteiger partial charge in [0.2, 0.25) is 0 Å². The third-order valence-corrected chi connectivity index (χ3v) is 6.10. The molecule has 0 aliphatic rings. The Balaban J connectivity index is 1.66. The van der Waals surface area contributed by atoms with Crippen molar-refractivity contribution in [2.45, 2.75) is 17.9 Å². The van der Waals surface area contributed by atoms with E-state index < -0.39 is 10.0 Å². The van der Waals surface area contributed by atoms with Crippen LogP contribution in [0.1, 0.15) is 28.9 Å². The smallest absolute Gasteiger partial charge is 0.261 e. The lowest BCUT2D eigenvalue weighted by Crippen LogP contribution is -2.26. The SMILES string of the molecule is C[C@H](NC(=O)c1ccc(NS(=O)(=O)c2ccccc2)cc1)c1ccc(Br)cc1. The van der Waals surface area contributed by atoms with Gasteiger partial charge < -0.3 is 5.32 Å². The van der Waals surface area contributed by atoms with E-state index >= 15 is 0 Å². The fourth-order valence-corrected chi connectivity index (χ4v) is 3.96. The average molecular weight is 459 g/mol. The molecular formula is C21H19BrN2O3S. The molecule has 0 bridgehead atoms. The molecule has 7 heteroatoms. The molecule has 0 fully saturated rings. The Morgan fingerprint density at radius 2 is 1.50 bits per heavy atom. The summed E-state index contributed by atoms with van der Waals surface area (Å²) in [7, 11) is -3.66. The Morgan fingerprint density at radius 3 is 2.11 bits per heavy atom. The first kappa shape index (κ1) is 20.1. The molecule has 0 saturated heterocycles. The first-order valence-corrected chi connectivity index (χ1v) is 10.9. The summed E-state index contributed by atoms with van der Waals surface area (Å²) in [5, 5.41) is 2.93. The van der Waals surface area contributed by atoms with Gasteiger partial charge in [0.05, 0.1) is 10.9 Å². The summed E-state index contributed by atoms with van der Waals surface area (Å²) in [6.45, 7) is 1.91. The molecule has 0 saturated carbocycles. The summed E-state index contributed by atoms with van der Waals surface area (Å²) < 4.78 is 28.2. The summed E-state index contributed by atoms with van der Waals surface area (Å²) in [6, 6.07) is 22.0. The molecule has 1 atom stereocenters. The van der Waals surface area contributed by atoms with Crippen LogP contribution < -0.4 is 10.0 Å². The van der Waals surface area contributed by atoms with Gasteiger partial charge in [-0.15, -0.1) is 0 Å². The van der Waals surface area contributed by atoms with E-state index in [4.69, 9.17) is 0 Å². The van der Waals surface area contributed by atoms with Crippen molar-refractivity contribution in [2.24, 2.45) is 0 Å². The molecule has 0 aromatic heterocycles. The fourth-order valence-electron chi connectivity index (χ4n) is 2.62. The van der Waals surface area contributed by atoms with Crippen LogP contribution in [-0.2, 0) is 10.0 Å². The van der Waals surface area contributed by atoms with E-state index in [-0.39, 0.29) is 16.8 Å². The Labute approximate surface area is 173 Å². The number of hydrogen-bond donors (Lipinski definition) is 2. The molecule has 0 spiro atoms. The number of sulfonamides is 1. The van der Waals surface area contributed by atoms with E-state index in [0.29, 0.717) is 11.3 Å². The zero-order chi connectivity index (χ0) is 20.1. The molecule has 5 nitrogen and oxygen atoms in total. The summed E-state index contributed by atoms with van der Waals surface area (Å²) in [6.07, 6.45) is 0. The van der Waals surface area contributed by atoms with Gasteiger partial charge in [-0.1, -0.05) is 46.3 Å². The summed E-state index contributed by atoms with van der Waals surface area (Å²) in [4.78, 5) is 12.6.